The van der Waals surface area contributed by atoms with Gasteiger partial charge in [0.25, 0.3) is 5.91 Å². The largest absolute Gasteiger partial charge is 0.469 e. The second-order valence-electron chi connectivity index (χ2n) is 5.10. The molecule has 0 aliphatic heterocycles. The second kappa shape index (κ2) is 9.39. The summed E-state index contributed by atoms with van der Waals surface area (Å²) in [6.07, 6.45) is 6.25. The van der Waals surface area contributed by atoms with Gasteiger partial charge in [-0.2, -0.15) is 0 Å². The number of carbonyl (C=O) groups is 1. The minimum Gasteiger partial charge on any atom is -0.469 e. The standard InChI is InChI=1S/C15H25N3O2S/c1-4-6-7-12(5-2)10-16-15(21)18-17-14(19)13-8-9-20-11(13)3/h8-9,12H,4-7,10H2,1-3H3,(H,17,19)(H2,16,18,21)/t12-/m1/s1. The van der Waals surface area contributed by atoms with Gasteiger partial charge < -0.3 is 9.73 Å². The number of furan rings is 1. The van der Waals surface area contributed by atoms with Crippen LogP contribution in [-0.4, -0.2) is 17.6 Å². The highest BCUT2D eigenvalue weighted by Gasteiger charge is 2.11. The van der Waals surface area contributed by atoms with Crippen molar-refractivity contribution >= 4 is 23.2 Å². The summed E-state index contributed by atoms with van der Waals surface area (Å²) in [5.74, 6) is 0.929. The molecule has 0 saturated carbocycles. The molecule has 1 atom stereocenters. The Hall–Kier alpha value is -1.56. The molecule has 1 aromatic heterocycles. The molecule has 0 saturated heterocycles. The number of hydrogen-bond donors (Lipinski definition) is 3. The summed E-state index contributed by atoms with van der Waals surface area (Å²) >= 11 is 5.15. The van der Waals surface area contributed by atoms with Crippen LogP contribution in [-0.2, 0) is 0 Å². The van der Waals surface area contributed by atoms with Gasteiger partial charge in [0.1, 0.15) is 5.76 Å². The summed E-state index contributed by atoms with van der Waals surface area (Å²) in [4.78, 5) is 11.8. The van der Waals surface area contributed by atoms with E-state index < -0.39 is 0 Å². The van der Waals surface area contributed by atoms with Gasteiger partial charge in [-0.3, -0.25) is 15.6 Å². The van der Waals surface area contributed by atoms with Crippen molar-refractivity contribution in [2.24, 2.45) is 5.92 Å². The third-order valence-electron chi connectivity index (χ3n) is 3.49. The number of thiocarbonyl (C=S) groups is 1. The lowest BCUT2D eigenvalue weighted by atomic mass is 9.99. The van der Waals surface area contributed by atoms with Crippen LogP contribution < -0.4 is 16.2 Å². The van der Waals surface area contributed by atoms with Gasteiger partial charge in [0.15, 0.2) is 5.11 Å². The predicted octanol–water partition coefficient (Wildman–Crippen LogP) is 2.91. The lowest BCUT2D eigenvalue weighted by Gasteiger charge is -2.17. The van der Waals surface area contributed by atoms with Crippen molar-refractivity contribution in [2.45, 2.75) is 46.5 Å². The maximum atomic E-state index is 11.8. The quantitative estimate of drug-likeness (QED) is 0.534. The molecule has 0 radical (unpaired) electrons. The SMILES string of the molecule is CCCC[C@@H](CC)CNC(=S)NNC(=O)c1ccoc1C. The average Bonchev–Trinajstić information content (AvgIpc) is 2.91. The molecule has 1 amide bonds. The van der Waals surface area contributed by atoms with Crippen LogP contribution in [0.4, 0.5) is 0 Å². The zero-order valence-corrected chi connectivity index (χ0v) is 13.8. The van der Waals surface area contributed by atoms with Crippen molar-refractivity contribution in [1.29, 1.82) is 0 Å². The highest BCUT2D eigenvalue weighted by atomic mass is 32.1. The van der Waals surface area contributed by atoms with Crippen molar-refractivity contribution < 1.29 is 9.21 Å². The first-order valence-corrected chi connectivity index (χ1v) is 7.87. The number of hydrazine groups is 1. The molecule has 21 heavy (non-hydrogen) atoms. The Labute approximate surface area is 131 Å². The van der Waals surface area contributed by atoms with E-state index in [1.54, 1.807) is 13.0 Å². The van der Waals surface area contributed by atoms with E-state index in [2.05, 4.69) is 30.0 Å². The molecule has 3 N–H and O–H groups in total. The lowest BCUT2D eigenvalue weighted by Crippen LogP contribution is -2.47. The first-order chi connectivity index (χ1) is 10.1. The fourth-order valence-corrected chi connectivity index (χ4v) is 2.16. The molecular formula is C15H25N3O2S. The zero-order chi connectivity index (χ0) is 15.7. The Morgan fingerprint density at radius 2 is 2.14 bits per heavy atom. The van der Waals surface area contributed by atoms with Crippen molar-refractivity contribution in [3.8, 4) is 0 Å². The van der Waals surface area contributed by atoms with Gasteiger partial charge in [-0.05, 0) is 37.5 Å². The Balaban J connectivity index is 2.27. The third kappa shape index (κ3) is 6.16. The Morgan fingerprint density at radius 3 is 2.71 bits per heavy atom. The first kappa shape index (κ1) is 17.5. The Kier molecular flexibility index (Phi) is 7.82. The molecule has 6 heteroatoms. The number of amides is 1. The van der Waals surface area contributed by atoms with Crippen LogP contribution in [0.15, 0.2) is 16.7 Å². The fraction of sp³-hybridized carbons (Fsp3) is 0.600. The van der Waals surface area contributed by atoms with Crippen LogP contribution in [0.2, 0.25) is 0 Å². The highest BCUT2D eigenvalue weighted by Crippen LogP contribution is 2.11. The van der Waals surface area contributed by atoms with Crippen molar-refractivity contribution in [1.82, 2.24) is 16.2 Å². The summed E-state index contributed by atoms with van der Waals surface area (Å²) in [5, 5.41) is 3.57. The van der Waals surface area contributed by atoms with Gasteiger partial charge in [-0.1, -0.05) is 33.1 Å². The maximum absolute atomic E-state index is 11.8. The van der Waals surface area contributed by atoms with E-state index in [1.807, 2.05) is 0 Å². The van der Waals surface area contributed by atoms with E-state index in [1.165, 1.54) is 25.5 Å². The van der Waals surface area contributed by atoms with E-state index in [-0.39, 0.29) is 5.91 Å². The summed E-state index contributed by atoms with van der Waals surface area (Å²) in [6, 6.07) is 1.63. The van der Waals surface area contributed by atoms with Crippen LogP contribution in [0.3, 0.4) is 0 Å². The molecule has 0 unspecified atom stereocenters. The average molecular weight is 311 g/mol. The van der Waals surface area contributed by atoms with Crippen molar-refractivity contribution in [3.05, 3.63) is 23.7 Å². The molecule has 1 rings (SSSR count). The number of rotatable bonds is 7. The van der Waals surface area contributed by atoms with Crippen molar-refractivity contribution in [2.75, 3.05) is 6.54 Å². The highest BCUT2D eigenvalue weighted by molar-refractivity contribution is 7.80. The van der Waals surface area contributed by atoms with Gasteiger partial charge in [-0.15, -0.1) is 0 Å². The van der Waals surface area contributed by atoms with Crippen molar-refractivity contribution in [3.63, 3.8) is 0 Å². The first-order valence-electron chi connectivity index (χ1n) is 7.46. The van der Waals surface area contributed by atoms with E-state index in [0.29, 0.717) is 22.4 Å². The van der Waals surface area contributed by atoms with Crippen LogP contribution in [0.25, 0.3) is 0 Å². The van der Waals surface area contributed by atoms with Gasteiger partial charge in [0.2, 0.25) is 0 Å². The summed E-state index contributed by atoms with van der Waals surface area (Å²) in [6.45, 7) is 6.94. The minimum absolute atomic E-state index is 0.261. The van der Waals surface area contributed by atoms with E-state index >= 15 is 0 Å². The monoisotopic (exact) mass is 311 g/mol. The Bertz CT molecular complexity index is 460. The molecule has 0 aliphatic rings. The molecule has 1 aromatic rings. The van der Waals surface area contributed by atoms with Crippen LogP contribution in [0.5, 0.6) is 0 Å². The normalized spacial score (nSPS) is 11.8. The lowest BCUT2D eigenvalue weighted by molar-refractivity contribution is 0.0942. The molecule has 1 heterocycles. The van der Waals surface area contributed by atoms with Gasteiger partial charge in [0.05, 0.1) is 11.8 Å². The van der Waals surface area contributed by atoms with Gasteiger partial charge in [-0.25, -0.2) is 0 Å². The minimum atomic E-state index is -0.261. The topological polar surface area (TPSA) is 66.3 Å². The van der Waals surface area contributed by atoms with E-state index in [0.717, 1.165) is 13.0 Å². The number of unbranched alkanes of at least 4 members (excludes halogenated alkanes) is 1. The van der Waals surface area contributed by atoms with E-state index in [9.17, 15) is 4.79 Å². The molecule has 5 nitrogen and oxygen atoms in total. The Morgan fingerprint density at radius 1 is 1.38 bits per heavy atom. The van der Waals surface area contributed by atoms with E-state index in [4.69, 9.17) is 16.6 Å². The number of aryl methyl sites for hydroxylation is 1. The van der Waals surface area contributed by atoms with Crippen LogP contribution in [0.1, 0.15) is 55.6 Å². The summed E-state index contributed by atoms with van der Waals surface area (Å²) in [7, 11) is 0. The van der Waals surface area contributed by atoms with Crippen LogP contribution >= 0.6 is 12.2 Å². The fourth-order valence-electron chi connectivity index (χ4n) is 2.03. The maximum Gasteiger partial charge on any atom is 0.273 e. The number of nitrogens with one attached hydrogen (secondary N) is 3. The number of hydrogen-bond acceptors (Lipinski definition) is 3. The smallest absolute Gasteiger partial charge is 0.273 e. The van der Waals surface area contributed by atoms with Gasteiger partial charge >= 0.3 is 0 Å². The molecular weight excluding hydrogens is 286 g/mol. The molecule has 0 aliphatic carbocycles. The molecule has 118 valence electrons. The molecule has 0 fully saturated rings. The summed E-state index contributed by atoms with van der Waals surface area (Å²) in [5.41, 5.74) is 5.77. The predicted molar refractivity (Wildman–Crippen MR) is 88.0 cm³/mol. The molecule has 0 bridgehead atoms. The second-order valence-corrected chi connectivity index (χ2v) is 5.50. The van der Waals surface area contributed by atoms with Crippen LogP contribution in [0, 0.1) is 12.8 Å². The summed E-state index contributed by atoms with van der Waals surface area (Å²) < 4.78 is 5.09. The van der Waals surface area contributed by atoms with Gasteiger partial charge in [0, 0.05) is 6.54 Å². The molecule has 0 aromatic carbocycles. The number of carbonyl (C=O) groups excluding carboxylic acids is 1. The third-order valence-corrected chi connectivity index (χ3v) is 3.73. The zero-order valence-electron chi connectivity index (χ0n) is 13.0. The molecule has 0 spiro atoms.